The van der Waals surface area contributed by atoms with Gasteiger partial charge >= 0.3 is 0 Å². The second-order valence-corrected chi connectivity index (χ2v) is 2.85. The zero-order valence-electron chi connectivity index (χ0n) is 6.79. The molecule has 2 nitrogen and oxygen atoms in total. The summed E-state index contributed by atoms with van der Waals surface area (Å²) in [5.41, 5.74) is 1.52. The van der Waals surface area contributed by atoms with Gasteiger partial charge in [-0.25, -0.2) is 0 Å². The van der Waals surface area contributed by atoms with Gasteiger partial charge < -0.3 is 5.21 Å². The molecule has 12 heavy (non-hydrogen) atoms. The van der Waals surface area contributed by atoms with Gasteiger partial charge in [0.1, 0.15) is 0 Å². The van der Waals surface area contributed by atoms with Gasteiger partial charge in [-0.2, -0.15) is 0 Å². The maximum atomic E-state index is 8.62. The van der Waals surface area contributed by atoms with Crippen LogP contribution in [0.1, 0.15) is 18.9 Å². The number of hydrogen-bond donors (Lipinski definition) is 1. The smallest absolute Gasteiger partial charge is 0.0865 e. The van der Waals surface area contributed by atoms with Crippen LogP contribution in [-0.4, -0.2) is 10.9 Å². The maximum Gasteiger partial charge on any atom is 0.0865 e. The van der Waals surface area contributed by atoms with Gasteiger partial charge in [0, 0.05) is 10.6 Å². The van der Waals surface area contributed by atoms with Gasteiger partial charge in [-0.15, -0.1) is 0 Å². The van der Waals surface area contributed by atoms with Crippen LogP contribution >= 0.6 is 11.6 Å². The summed E-state index contributed by atoms with van der Waals surface area (Å²) in [5.74, 6) is 0. The van der Waals surface area contributed by atoms with Crippen molar-refractivity contribution in [3.63, 3.8) is 0 Å². The van der Waals surface area contributed by atoms with E-state index in [4.69, 9.17) is 16.8 Å². The van der Waals surface area contributed by atoms with Crippen LogP contribution in [0.3, 0.4) is 0 Å². The standard InChI is InChI=1S/C9H10ClNO/c1-2-9(11-12)7-4-3-5-8(10)6-7/h3-6,12H,2H2,1H3/b11-9+. The molecule has 0 heterocycles. The molecule has 0 saturated carbocycles. The number of halogens is 1. The van der Waals surface area contributed by atoms with E-state index in [1.54, 1.807) is 12.1 Å². The van der Waals surface area contributed by atoms with E-state index in [9.17, 15) is 0 Å². The molecule has 0 radical (unpaired) electrons. The summed E-state index contributed by atoms with van der Waals surface area (Å²) in [7, 11) is 0. The quantitative estimate of drug-likeness (QED) is 0.427. The normalized spacial score (nSPS) is 11.7. The lowest BCUT2D eigenvalue weighted by Gasteiger charge is -2.00. The van der Waals surface area contributed by atoms with Crippen molar-refractivity contribution in [2.45, 2.75) is 13.3 Å². The number of hydrogen-bond acceptors (Lipinski definition) is 2. The minimum absolute atomic E-state index is 0.650. The van der Waals surface area contributed by atoms with Crippen LogP contribution in [0.5, 0.6) is 0 Å². The third-order valence-electron chi connectivity index (χ3n) is 1.61. The second-order valence-electron chi connectivity index (χ2n) is 2.41. The molecule has 64 valence electrons. The lowest BCUT2D eigenvalue weighted by atomic mass is 10.1. The second kappa shape index (κ2) is 4.12. The zero-order chi connectivity index (χ0) is 8.97. The van der Waals surface area contributed by atoms with E-state index in [1.165, 1.54) is 0 Å². The van der Waals surface area contributed by atoms with Crippen LogP contribution in [0.15, 0.2) is 29.4 Å². The molecule has 1 aromatic rings. The predicted molar refractivity (Wildman–Crippen MR) is 50.1 cm³/mol. The fourth-order valence-electron chi connectivity index (χ4n) is 1.00. The van der Waals surface area contributed by atoms with Crippen molar-refractivity contribution in [1.29, 1.82) is 0 Å². The van der Waals surface area contributed by atoms with Crippen LogP contribution in [0, 0.1) is 0 Å². The molecule has 0 unspecified atom stereocenters. The Bertz CT molecular complexity index is 296. The van der Waals surface area contributed by atoms with Gasteiger partial charge in [0.25, 0.3) is 0 Å². The Kier molecular flexibility index (Phi) is 3.11. The molecule has 0 aromatic heterocycles. The van der Waals surface area contributed by atoms with E-state index in [2.05, 4.69) is 5.16 Å². The summed E-state index contributed by atoms with van der Waals surface area (Å²) >= 11 is 5.77. The molecule has 0 atom stereocenters. The van der Waals surface area contributed by atoms with Crippen molar-refractivity contribution in [3.8, 4) is 0 Å². The highest BCUT2D eigenvalue weighted by molar-refractivity contribution is 6.31. The first-order chi connectivity index (χ1) is 5.77. The highest BCUT2D eigenvalue weighted by Crippen LogP contribution is 2.12. The van der Waals surface area contributed by atoms with Crippen LogP contribution < -0.4 is 0 Å². The molecule has 0 bridgehead atoms. The van der Waals surface area contributed by atoms with E-state index in [-0.39, 0.29) is 0 Å². The Hall–Kier alpha value is -1.02. The third kappa shape index (κ3) is 1.98. The van der Waals surface area contributed by atoms with Crippen molar-refractivity contribution in [1.82, 2.24) is 0 Å². The molecule has 0 spiro atoms. The summed E-state index contributed by atoms with van der Waals surface area (Å²) in [5, 5.41) is 12.4. The summed E-state index contributed by atoms with van der Waals surface area (Å²) in [4.78, 5) is 0. The molecular formula is C9H10ClNO. The van der Waals surface area contributed by atoms with E-state index in [0.717, 1.165) is 5.56 Å². The first-order valence-electron chi connectivity index (χ1n) is 3.74. The molecule has 0 saturated heterocycles. The average molecular weight is 184 g/mol. The lowest BCUT2D eigenvalue weighted by molar-refractivity contribution is 0.318. The molecule has 1 aromatic carbocycles. The summed E-state index contributed by atoms with van der Waals surface area (Å²) < 4.78 is 0. The minimum atomic E-state index is 0.650. The Morgan fingerprint density at radius 1 is 1.58 bits per heavy atom. The molecule has 0 fully saturated rings. The maximum absolute atomic E-state index is 8.62. The Labute approximate surface area is 76.5 Å². The highest BCUT2D eigenvalue weighted by Gasteiger charge is 2.00. The summed E-state index contributed by atoms with van der Waals surface area (Å²) in [6, 6.07) is 7.26. The topological polar surface area (TPSA) is 32.6 Å². The molecule has 3 heteroatoms. The average Bonchev–Trinajstić information content (AvgIpc) is 2.07. The monoisotopic (exact) mass is 183 g/mol. The number of nitrogens with zero attached hydrogens (tertiary/aromatic N) is 1. The summed E-state index contributed by atoms with van der Waals surface area (Å²) in [6.45, 7) is 1.93. The first-order valence-corrected chi connectivity index (χ1v) is 4.12. The SMILES string of the molecule is CC/C(=N\O)c1cccc(Cl)c1. The van der Waals surface area contributed by atoms with Crippen LogP contribution in [0.4, 0.5) is 0 Å². The largest absolute Gasteiger partial charge is 0.411 e. The first kappa shape index (κ1) is 9.07. The Morgan fingerprint density at radius 2 is 2.33 bits per heavy atom. The molecule has 0 aliphatic carbocycles. The van der Waals surface area contributed by atoms with E-state index in [0.29, 0.717) is 17.2 Å². The predicted octanol–water partition coefficient (Wildman–Crippen LogP) is 2.93. The van der Waals surface area contributed by atoms with Crippen LogP contribution in [0.25, 0.3) is 0 Å². The van der Waals surface area contributed by atoms with Gasteiger partial charge in [-0.3, -0.25) is 0 Å². The van der Waals surface area contributed by atoms with Gasteiger partial charge in [-0.1, -0.05) is 35.8 Å². The molecule has 0 amide bonds. The van der Waals surface area contributed by atoms with E-state index in [1.807, 2.05) is 19.1 Å². The molecule has 0 aliphatic rings. The highest BCUT2D eigenvalue weighted by atomic mass is 35.5. The Morgan fingerprint density at radius 3 is 2.83 bits per heavy atom. The Balaban J connectivity index is 3.02. The van der Waals surface area contributed by atoms with E-state index < -0.39 is 0 Å². The van der Waals surface area contributed by atoms with E-state index >= 15 is 0 Å². The fourth-order valence-corrected chi connectivity index (χ4v) is 1.19. The van der Waals surface area contributed by atoms with Gasteiger partial charge in [-0.05, 0) is 18.6 Å². The number of benzene rings is 1. The van der Waals surface area contributed by atoms with Gasteiger partial charge in [0.2, 0.25) is 0 Å². The lowest BCUT2D eigenvalue weighted by Crippen LogP contribution is -1.97. The number of rotatable bonds is 2. The number of oxime groups is 1. The molecule has 1 rings (SSSR count). The van der Waals surface area contributed by atoms with Crippen molar-refractivity contribution in [2.24, 2.45) is 5.16 Å². The molecule has 0 aliphatic heterocycles. The third-order valence-corrected chi connectivity index (χ3v) is 1.85. The zero-order valence-corrected chi connectivity index (χ0v) is 7.54. The van der Waals surface area contributed by atoms with Crippen molar-refractivity contribution in [3.05, 3.63) is 34.9 Å². The van der Waals surface area contributed by atoms with Crippen molar-refractivity contribution < 1.29 is 5.21 Å². The fraction of sp³-hybridized carbons (Fsp3) is 0.222. The molecular weight excluding hydrogens is 174 g/mol. The minimum Gasteiger partial charge on any atom is -0.411 e. The van der Waals surface area contributed by atoms with Crippen LogP contribution in [-0.2, 0) is 0 Å². The van der Waals surface area contributed by atoms with Crippen molar-refractivity contribution >= 4 is 17.3 Å². The van der Waals surface area contributed by atoms with Gasteiger partial charge in [0.05, 0.1) is 5.71 Å². The summed E-state index contributed by atoms with van der Waals surface area (Å²) in [6.07, 6.45) is 0.691. The van der Waals surface area contributed by atoms with Gasteiger partial charge in [0.15, 0.2) is 0 Å². The van der Waals surface area contributed by atoms with Crippen molar-refractivity contribution in [2.75, 3.05) is 0 Å². The van der Waals surface area contributed by atoms with Crippen LogP contribution in [0.2, 0.25) is 5.02 Å². The molecule has 1 N–H and O–H groups in total.